The maximum atomic E-state index is 11.8. The number of hydrogen-bond acceptors (Lipinski definition) is 4. The van der Waals surface area contributed by atoms with Crippen LogP contribution in [-0.4, -0.2) is 67.0 Å². The summed E-state index contributed by atoms with van der Waals surface area (Å²) in [6.07, 6.45) is -1.01. The molecule has 0 radical (unpaired) electrons. The van der Waals surface area contributed by atoms with Gasteiger partial charge in [0.2, 0.25) is 0 Å². The van der Waals surface area contributed by atoms with E-state index in [2.05, 4.69) is 0 Å². The summed E-state index contributed by atoms with van der Waals surface area (Å²) in [5.74, 6) is -0.385. The fourth-order valence-corrected chi connectivity index (χ4v) is 1.71. The van der Waals surface area contributed by atoms with Crippen molar-refractivity contribution in [2.24, 2.45) is 0 Å². The average molecular weight is 232 g/mol. The molecule has 1 aliphatic rings. The predicted octanol–water partition coefficient (Wildman–Crippen LogP) is -0.226. The molecule has 0 saturated carbocycles. The molecule has 0 bridgehead atoms. The van der Waals surface area contributed by atoms with Crippen molar-refractivity contribution in [1.29, 1.82) is 0 Å². The Morgan fingerprint density at radius 3 is 2.50 bits per heavy atom. The number of carboxylic acid groups (broad SMARTS) is 1. The minimum atomic E-state index is -1.12. The van der Waals surface area contributed by atoms with E-state index in [9.17, 15) is 9.59 Å². The number of hydrogen-bond donors (Lipinski definition) is 1. The van der Waals surface area contributed by atoms with Gasteiger partial charge in [-0.25, -0.2) is 9.86 Å². The summed E-state index contributed by atoms with van der Waals surface area (Å²) in [7, 11) is 4.30. The van der Waals surface area contributed by atoms with Crippen molar-refractivity contribution >= 4 is 12.0 Å². The Morgan fingerprint density at radius 1 is 1.44 bits per heavy atom. The van der Waals surface area contributed by atoms with Crippen LogP contribution >= 0.6 is 0 Å². The normalized spacial score (nSPS) is 24.6. The first-order chi connectivity index (χ1) is 7.51. The van der Waals surface area contributed by atoms with Crippen molar-refractivity contribution in [3.63, 3.8) is 0 Å². The molecular weight excluding hydrogens is 216 g/mol. The number of carbonyl (C=O) groups excluding carboxylic acids is 1. The zero-order valence-corrected chi connectivity index (χ0v) is 9.54. The molecule has 7 heteroatoms. The molecule has 1 aliphatic heterocycles. The van der Waals surface area contributed by atoms with Gasteiger partial charge in [-0.1, -0.05) is 0 Å². The number of methoxy groups -OCH3 is 1. The van der Waals surface area contributed by atoms with Crippen LogP contribution in [0, 0.1) is 0 Å². The van der Waals surface area contributed by atoms with E-state index in [1.165, 1.54) is 21.3 Å². The molecule has 0 aromatic heterocycles. The Labute approximate surface area is 93.5 Å². The molecule has 2 atom stereocenters. The van der Waals surface area contributed by atoms with Crippen LogP contribution in [-0.2, 0) is 14.4 Å². The van der Waals surface area contributed by atoms with Gasteiger partial charge in [-0.2, -0.15) is 0 Å². The van der Waals surface area contributed by atoms with Crippen LogP contribution in [0.3, 0.4) is 0 Å². The van der Waals surface area contributed by atoms with Crippen molar-refractivity contribution in [2.75, 3.05) is 27.8 Å². The molecule has 1 saturated heterocycles. The monoisotopic (exact) mass is 232 g/mol. The molecule has 92 valence electrons. The lowest BCUT2D eigenvalue weighted by molar-refractivity contribution is -0.173. The van der Waals surface area contributed by atoms with E-state index in [-0.39, 0.29) is 18.6 Å². The van der Waals surface area contributed by atoms with E-state index in [4.69, 9.17) is 14.7 Å². The Bertz CT molecular complexity index is 283. The van der Waals surface area contributed by atoms with E-state index in [0.29, 0.717) is 6.42 Å². The lowest BCUT2D eigenvalue weighted by Gasteiger charge is -2.23. The smallest absolute Gasteiger partial charge is 0.408 e. The number of nitrogens with zero attached hydrogens (tertiary/aromatic N) is 2. The summed E-state index contributed by atoms with van der Waals surface area (Å²) >= 11 is 0. The van der Waals surface area contributed by atoms with Gasteiger partial charge in [0, 0.05) is 20.6 Å². The summed E-state index contributed by atoms with van der Waals surface area (Å²) in [6.45, 7) is 0.208. The third-order valence-electron chi connectivity index (χ3n) is 2.71. The van der Waals surface area contributed by atoms with E-state index in [1.807, 2.05) is 0 Å². The van der Waals surface area contributed by atoms with Crippen molar-refractivity contribution in [3.05, 3.63) is 0 Å². The minimum absolute atomic E-state index is 0.208. The zero-order chi connectivity index (χ0) is 12.3. The average Bonchev–Trinajstić information content (AvgIpc) is 2.71. The molecule has 16 heavy (non-hydrogen) atoms. The van der Waals surface area contributed by atoms with Crippen LogP contribution in [0.4, 0.5) is 4.79 Å². The van der Waals surface area contributed by atoms with Gasteiger partial charge in [-0.15, -0.1) is 0 Å². The maximum Gasteiger partial charge on any atom is 0.408 e. The molecule has 0 spiro atoms. The van der Waals surface area contributed by atoms with Gasteiger partial charge >= 0.3 is 6.09 Å². The molecule has 0 aliphatic carbocycles. The third-order valence-corrected chi connectivity index (χ3v) is 2.71. The van der Waals surface area contributed by atoms with Crippen molar-refractivity contribution in [3.8, 4) is 0 Å². The highest BCUT2D eigenvalue weighted by molar-refractivity contribution is 5.85. The third kappa shape index (κ3) is 2.42. The molecule has 1 N–H and O–H groups in total. The van der Waals surface area contributed by atoms with E-state index in [0.717, 1.165) is 9.96 Å². The number of amides is 2. The number of hydroxylamine groups is 2. The minimum Gasteiger partial charge on any atom is -0.465 e. The molecule has 1 rings (SSSR count). The Hall–Kier alpha value is -1.34. The molecule has 1 heterocycles. The highest BCUT2D eigenvalue weighted by Crippen LogP contribution is 2.21. The number of likely N-dealkylation sites (N-methyl/N-ethyl adjacent to an activating group) is 1. The Kier molecular flexibility index (Phi) is 4.08. The number of rotatable bonds is 3. The van der Waals surface area contributed by atoms with Gasteiger partial charge in [0.25, 0.3) is 5.91 Å². The van der Waals surface area contributed by atoms with Gasteiger partial charge < -0.3 is 9.84 Å². The summed E-state index contributed by atoms with van der Waals surface area (Å²) < 4.78 is 5.07. The summed E-state index contributed by atoms with van der Waals surface area (Å²) in [5.41, 5.74) is 0. The van der Waals surface area contributed by atoms with Crippen LogP contribution in [0.25, 0.3) is 0 Å². The standard InChI is InChI=1S/C9H16N2O5/c1-10(16-3)8(12)7-4-6(15-2)5-11(7)9(13)14/h6-7H,4-5H2,1-3H3,(H,13,14). The first kappa shape index (κ1) is 12.7. The van der Waals surface area contributed by atoms with Gasteiger partial charge in [-0.3, -0.25) is 14.5 Å². The molecule has 2 unspecified atom stereocenters. The SMILES string of the molecule is COC1CC(C(=O)N(C)OC)N(C(=O)O)C1. The van der Waals surface area contributed by atoms with E-state index < -0.39 is 12.1 Å². The number of ether oxygens (including phenoxy) is 1. The van der Waals surface area contributed by atoms with Crippen molar-refractivity contribution in [1.82, 2.24) is 9.96 Å². The van der Waals surface area contributed by atoms with Crippen LogP contribution in [0.15, 0.2) is 0 Å². The van der Waals surface area contributed by atoms with Gasteiger partial charge in [0.1, 0.15) is 6.04 Å². The maximum absolute atomic E-state index is 11.8. The second-order valence-corrected chi connectivity index (χ2v) is 3.56. The van der Waals surface area contributed by atoms with Gasteiger partial charge in [0.15, 0.2) is 0 Å². The molecule has 2 amide bonds. The Morgan fingerprint density at radius 2 is 2.06 bits per heavy atom. The fourth-order valence-electron chi connectivity index (χ4n) is 1.71. The first-order valence-electron chi connectivity index (χ1n) is 4.85. The molecular formula is C9H16N2O5. The highest BCUT2D eigenvalue weighted by atomic mass is 16.7. The lowest BCUT2D eigenvalue weighted by atomic mass is 10.2. The quantitative estimate of drug-likeness (QED) is 0.680. The highest BCUT2D eigenvalue weighted by Gasteiger charge is 2.41. The van der Waals surface area contributed by atoms with Crippen LogP contribution < -0.4 is 0 Å². The van der Waals surface area contributed by atoms with E-state index in [1.54, 1.807) is 0 Å². The van der Waals surface area contributed by atoms with Crippen LogP contribution in [0.2, 0.25) is 0 Å². The summed E-state index contributed by atoms with van der Waals surface area (Å²) in [5, 5.41) is 9.99. The van der Waals surface area contributed by atoms with Crippen LogP contribution in [0.1, 0.15) is 6.42 Å². The van der Waals surface area contributed by atoms with E-state index >= 15 is 0 Å². The second-order valence-electron chi connectivity index (χ2n) is 3.56. The number of likely N-dealkylation sites (tertiary alicyclic amines) is 1. The summed E-state index contributed by atoms with van der Waals surface area (Å²) in [6, 6.07) is -0.729. The van der Waals surface area contributed by atoms with Crippen molar-refractivity contribution < 1.29 is 24.3 Å². The molecule has 7 nitrogen and oxygen atoms in total. The summed E-state index contributed by atoms with van der Waals surface area (Å²) in [4.78, 5) is 28.6. The largest absolute Gasteiger partial charge is 0.465 e. The van der Waals surface area contributed by atoms with Gasteiger partial charge in [-0.05, 0) is 0 Å². The lowest BCUT2D eigenvalue weighted by Crippen LogP contribution is -2.45. The topological polar surface area (TPSA) is 79.3 Å². The first-order valence-corrected chi connectivity index (χ1v) is 4.85. The number of carbonyl (C=O) groups is 2. The fraction of sp³-hybridized carbons (Fsp3) is 0.778. The van der Waals surface area contributed by atoms with Crippen molar-refractivity contribution in [2.45, 2.75) is 18.6 Å². The molecule has 1 fully saturated rings. The predicted molar refractivity (Wildman–Crippen MR) is 53.7 cm³/mol. The zero-order valence-electron chi connectivity index (χ0n) is 9.54. The van der Waals surface area contributed by atoms with Gasteiger partial charge in [0.05, 0.1) is 19.8 Å². The van der Waals surface area contributed by atoms with Crippen LogP contribution in [0.5, 0.6) is 0 Å². The Balaban J connectivity index is 2.76. The second kappa shape index (κ2) is 5.13. The molecule has 0 aromatic rings. The molecule has 0 aromatic carbocycles.